The van der Waals surface area contributed by atoms with Crippen molar-refractivity contribution in [3.63, 3.8) is 0 Å². The minimum Gasteiger partial charge on any atom is -0.454 e. The number of fused-ring (bicyclic) bond motifs is 1. The van der Waals surface area contributed by atoms with Gasteiger partial charge >= 0.3 is 0 Å². The SMILES string of the molecule is CN=C(NCCCN(C)Cc1ccccc1)NCc1ccc2c(c1)OCO2. The largest absolute Gasteiger partial charge is 0.454 e. The third kappa shape index (κ3) is 5.89. The summed E-state index contributed by atoms with van der Waals surface area (Å²) in [5.74, 6) is 2.41. The predicted molar refractivity (Wildman–Crippen MR) is 108 cm³/mol. The Morgan fingerprint density at radius 2 is 1.85 bits per heavy atom. The van der Waals surface area contributed by atoms with Crippen molar-refractivity contribution >= 4 is 5.96 Å². The van der Waals surface area contributed by atoms with Crippen molar-refractivity contribution in [2.75, 3.05) is 34.0 Å². The molecule has 0 amide bonds. The molecule has 0 saturated heterocycles. The molecule has 1 heterocycles. The van der Waals surface area contributed by atoms with E-state index in [1.807, 2.05) is 18.2 Å². The molecule has 0 bridgehead atoms. The van der Waals surface area contributed by atoms with E-state index < -0.39 is 0 Å². The lowest BCUT2D eigenvalue weighted by Gasteiger charge is -2.17. The van der Waals surface area contributed by atoms with Crippen LogP contribution in [0.2, 0.25) is 0 Å². The van der Waals surface area contributed by atoms with Gasteiger partial charge in [-0.25, -0.2) is 0 Å². The van der Waals surface area contributed by atoms with Crippen molar-refractivity contribution in [3.05, 3.63) is 59.7 Å². The highest BCUT2D eigenvalue weighted by molar-refractivity contribution is 5.79. The van der Waals surface area contributed by atoms with Crippen molar-refractivity contribution in [1.82, 2.24) is 15.5 Å². The Bertz CT molecular complexity index is 749. The molecule has 1 aliphatic heterocycles. The summed E-state index contributed by atoms with van der Waals surface area (Å²) in [6, 6.07) is 16.5. The zero-order valence-corrected chi connectivity index (χ0v) is 16.1. The van der Waals surface area contributed by atoms with Crippen LogP contribution in [0.1, 0.15) is 17.5 Å². The molecule has 1 aliphatic rings. The summed E-state index contributed by atoms with van der Waals surface area (Å²) in [5, 5.41) is 6.70. The Morgan fingerprint density at radius 1 is 1.04 bits per heavy atom. The Kier molecular flexibility index (Phi) is 6.93. The molecule has 0 fully saturated rings. The van der Waals surface area contributed by atoms with E-state index in [0.717, 1.165) is 49.1 Å². The molecule has 0 unspecified atom stereocenters. The number of rotatable bonds is 8. The van der Waals surface area contributed by atoms with Crippen LogP contribution < -0.4 is 20.1 Å². The Labute approximate surface area is 161 Å². The number of hydrogen-bond donors (Lipinski definition) is 2. The van der Waals surface area contributed by atoms with E-state index in [9.17, 15) is 0 Å². The number of hydrogen-bond acceptors (Lipinski definition) is 4. The summed E-state index contributed by atoms with van der Waals surface area (Å²) in [7, 11) is 3.94. The first-order valence-corrected chi connectivity index (χ1v) is 9.30. The van der Waals surface area contributed by atoms with Gasteiger partial charge < -0.3 is 25.0 Å². The van der Waals surface area contributed by atoms with Crippen LogP contribution in [0.25, 0.3) is 0 Å². The molecule has 6 heteroatoms. The van der Waals surface area contributed by atoms with E-state index in [-0.39, 0.29) is 0 Å². The van der Waals surface area contributed by atoms with Crippen LogP contribution in [-0.2, 0) is 13.1 Å². The number of ether oxygens (including phenoxy) is 2. The van der Waals surface area contributed by atoms with Crippen LogP contribution in [0.4, 0.5) is 0 Å². The molecule has 144 valence electrons. The molecule has 0 radical (unpaired) electrons. The molecular formula is C21H28N4O2. The number of benzene rings is 2. The first kappa shape index (κ1) is 19.0. The van der Waals surface area contributed by atoms with Gasteiger partial charge in [0.1, 0.15) is 0 Å². The van der Waals surface area contributed by atoms with E-state index in [1.54, 1.807) is 7.05 Å². The second kappa shape index (κ2) is 9.83. The van der Waals surface area contributed by atoms with Crippen LogP contribution >= 0.6 is 0 Å². The van der Waals surface area contributed by atoms with Gasteiger partial charge in [0.15, 0.2) is 17.5 Å². The van der Waals surface area contributed by atoms with Crippen molar-refractivity contribution in [1.29, 1.82) is 0 Å². The van der Waals surface area contributed by atoms with Crippen LogP contribution in [-0.4, -0.2) is 44.8 Å². The summed E-state index contributed by atoms with van der Waals surface area (Å²) in [5.41, 5.74) is 2.47. The Morgan fingerprint density at radius 3 is 2.67 bits per heavy atom. The Hall–Kier alpha value is -2.73. The zero-order valence-electron chi connectivity index (χ0n) is 16.1. The molecule has 2 N–H and O–H groups in total. The molecule has 27 heavy (non-hydrogen) atoms. The monoisotopic (exact) mass is 368 g/mol. The molecular weight excluding hydrogens is 340 g/mol. The molecule has 6 nitrogen and oxygen atoms in total. The molecule has 2 aromatic rings. The molecule has 0 spiro atoms. The van der Waals surface area contributed by atoms with Gasteiger partial charge in [-0.3, -0.25) is 4.99 Å². The molecule has 0 aromatic heterocycles. The maximum atomic E-state index is 5.42. The van der Waals surface area contributed by atoms with Gasteiger partial charge in [-0.05, 0) is 43.3 Å². The molecule has 2 aromatic carbocycles. The molecule has 3 rings (SSSR count). The van der Waals surface area contributed by atoms with Gasteiger partial charge in [0.05, 0.1) is 0 Å². The first-order chi connectivity index (χ1) is 13.2. The lowest BCUT2D eigenvalue weighted by atomic mass is 10.2. The highest BCUT2D eigenvalue weighted by atomic mass is 16.7. The fraction of sp³-hybridized carbons (Fsp3) is 0.381. The van der Waals surface area contributed by atoms with Crippen LogP contribution in [0, 0.1) is 0 Å². The van der Waals surface area contributed by atoms with Crippen LogP contribution in [0.5, 0.6) is 11.5 Å². The summed E-state index contributed by atoms with van der Waals surface area (Å²) < 4.78 is 10.8. The van der Waals surface area contributed by atoms with Crippen molar-refractivity contribution < 1.29 is 9.47 Å². The standard InChI is InChI=1S/C21H28N4O2/c1-22-21(24-14-18-9-10-19-20(13-18)27-16-26-19)23-11-6-12-25(2)15-17-7-4-3-5-8-17/h3-5,7-10,13H,6,11-12,14-16H2,1-2H3,(H2,22,23,24). The number of nitrogens with zero attached hydrogens (tertiary/aromatic N) is 2. The zero-order chi connectivity index (χ0) is 18.9. The van der Waals surface area contributed by atoms with Crippen molar-refractivity contribution in [2.24, 2.45) is 4.99 Å². The van der Waals surface area contributed by atoms with Crippen molar-refractivity contribution in [3.8, 4) is 11.5 Å². The van der Waals surface area contributed by atoms with E-state index in [0.29, 0.717) is 13.3 Å². The number of aliphatic imine (C=N–C) groups is 1. The van der Waals surface area contributed by atoms with Crippen LogP contribution in [0.3, 0.4) is 0 Å². The molecule has 0 atom stereocenters. The quantitative estimate of drug-likeness (QED) is 0.426. The average molecular weight is 368 g/mol. The summed E-state index contributed by atoms with van der Waals surface area (Å²) in [4.78, 5) is 6.62. The lowest BCUT2D eigenvalue weighted by molar-refractivity contribution is 0.174. The smallest absolute Gasteiger partial charge is 0.231 e. The fourth-order valence-corrected chi connectivity index (χ4v) is 2.99. The number of guanidine groups is 1. The topological polar surface area (TPSA) is 58.1 Å². The van der Waals surface area contributed by atoms with Gasteiger partial charge in [0.2, 0.25) is 6.79 Å². The average Bonchev–Trinajstić information content (AvgIpc) is 3.16. The third-order valence-electron chi connectivity index (χ3n) is 4.42. The van der Waals surface area contributed by atoms with Gasteiger partial charge in [0.25, 0.3) is 0 Å². The normalized spacial score (nSPS) is 13.1. The Balaban J connectivity index is 1.34. The van der Waals surface area contributed by atoms with Crippen molar-refractivity contribution in [2.45, 2.75) is 19.5 Å². The minimum atomic E-state index is 0.300. The lowest BCUT2D eigenvalue weighted by Crippen LogP contribution is -2.38. The second-order valence-corrected chi connectivity index (χ2v) is 6.62. The van der Waals surface area contributed by atoms with E-state index >= 15 is 0 Å². The summed E-state index contributed by atoms with van der Waals surface area (Å²) in [6.07, 6.45) is 1.05. The number of nitrogens with one attached hydrogen (secondary N) is 2. The minimum absolute atomic E-state index is 0.300. The second-order valence-electron chi connectivity index (χ2n) is 6.62. The molecule has 0 saturated carbocycles. The third-order valence-corrected chi connectivity index (χ3v) is 4.42. The first-order valence-electron chi connectivity index (χ1n) is 9.30. The molecule has 0 aliphatic carbocycles. The maximum Gasteiger partial charge on any atom is 0.231 e. The summed E-state index contributed by atoms with van der Waals surface area (Å²) in [6.45, 7) is 3.86. The maximum absolute atomic E-state index is 5.42. The predicted octanol–water partition coefficient (Wildman–Crippen LogP) is 2.60. The van der Waals surface area contributed by atoms with Crippen LogP contribution in [0.15, 0.2) is 53.5 Å². The fourth-order valence-electron chi connectivity index (χ4n) is 2.99. The van der Waals surface area contributed by atoms with E-state index in [4.69, 9.17) is 9.47 Å². The summed E-state index contributed by atoms with van der Waals surface area (Å²) >= 11 is 0. The highest BCUT2D eigenvalue weighted by Crippen LogP contribution is 2.32. The van der Waals surface area contributed by atoms with Gasteiger partial charge in [-0.15, -0.1) is 0 Å². The van der Waals surface area contributed by atoms with E-state index in [2.05, 4.69) is 57.9 Å². The van der Waals surface area contributed by atoms with Gasteiger partial charge in [-0.1, -0.05) is 36.4 Å². The highest BCUT2D eigenvalue weighted by Gasteiger charge is 2.13. The van der Waals surface area contributed by atoms with Gasteiger partial charge in [-0.2, -0.15) is 0 Å². The van der Waals surface area contributed by atoms with E-state index in [1.165, 1.54) is 5.56 Å². The van der Waals surface area contributed by atoms with Gasteiger partial charge in [0, 0.05) is 26.7 Å².